The summed E-state index contributed by atoms with van der Waals surface area (Å²) in [6.45, 7) is 0.386. The molecule has 0 unspecified atom stereocenters. The molecule has 0 atom stereocenters. The summed E-state index contributed by atoms with van der Waals surface area (Å²) in [5, 5.41) is 5.61. The van der Waals surface area contributed by atoms with Crippen LogP contribution in [0.3, 0.4) is 0 Å². The van der Waals surface area contributed by atoms with Crippen molar-refractivity contribution in [2.24, 2.45) is 0 Å². The van der Waals surface area contributed by atoms with Crippen LogP contribution in [0, 0.1) is 0 Å². The fraction of sp³-hybridized carbons (Fsp3) is 0.0870. The van der Waals surface area contributed by atoms with Crippen LogP contribution in [-0.4, -0.2) is 24.9 Å². The first-order valence-electron chi connectivity index (χ1n) is 8.99. The molecule has 0 heterocycles. The number of para-hydroxylation sites is 1. The highest BCUT2D eigenvalue weighted by molar-refractivity contribution is 6.09. The van der Waals surface area contributed by atoms with Crippen molar-refractivity contribution in [3.63, 3.8) is 0 Å². The summed E-state index contributed by atoms with van der Waals surface area (Å²) in [7, 11) is 1.29. The summed E-state index contributed by atoms with van der Waals surface area (Å²) >= 11 is 0. The molecule has 2 N–H and O–H groups in total. The molecule has 0 aliphatic rings. The number of methoxy groups -OCH3 is 1. The van der Waals surface area contributed by atoms with Crippen molar-refractivity contribution in [2.45, 2.75) is 6.54 Å². The lowest BCUT2D eigenvalue weighted by molar-refractivity contribution is 0.0600. The smallest absolute Gasteiger partial charge is 0.337 e. The van der Waals surface area contributed by atoms with Crippen molar-refractivity contribution in [3.05, 3.63) is 101 Å². The Labute approximate surface area is 168 Å². The molecule has 0 bridgehead atoms. The number of hydrogen-bond acceptors (Lipinski definition) is 4. The van der Waals surface area contributed by atoms with Crippen molar-refractivity contribution in [2.75, 3.05) is 12.4 Å². The molecule has 2 amide bonds. The number of nitrogens with one attached hydrogen (secondary N) is 2. The molecule has 146 valence electrons. The van der Waals surface area contributed by atoms with Gasteiger partial charge in [-0.2, -0.15) is 0 Å². The van der Waals surface area contributed by atoms with Crippen LogP contribution in [0.15, 0.2) is 78.9 Å². The maximum Gasteiger partial charge on any atom is 0.337 e. The van der Waals surface area contributed by atoms with E-state index in [-0.39, 0.29) is 11.8 Å². The molecule has 0 aromatic heterocycles. The Morgan fingerprint density at radius 1 is 0.759 bits per heavy atom. The SMILES string of the molecule is COC(=O)c1ccc(C(=O)Nc2ccccc2C(=O)NCc2ccccc2)cc1. The molecular weight excluding hydrogens is 368 g/mol. The third kappa shape index (κ3) is 5.07. The molecule has 0 saturated heterocycles. The topological polar surface area (TPSA) is 84.5 Å². The molecule has 3 aromatic rings. The third-order valence-electron chi connectivity index (χ3n) is 4.28. The van der Waals surface area contributed by atoms with Gasteiger partial charge < -0.3 is 15.4 Å². The predicted octanol–water partition coefficient (Wildman–Crippen LogP) is 3.66. The number of hydrogen-bond donors (Lipinski definition) is 2. The number of rotatable bonds is 6. The Balaban J connectivity index is 1.70. The summed E-state index contributed by atoms with van der Waals surface area (Å²) in [5.41, 5.74) is 2.46. The highest BCUT2D eigenvalue weighted by Crippen LogP contribution is 2.17. The van der Waals surface area contributed by atoms with Crippen molar-refractivity contribution in [3.8, 4) is 0 Å². The van der Waals surface area contributed by atoms with Gasteiger partial charge in [-0.25, -0.2) is 4.79 Å². The fourth-order valence-electron chi connectivity index (χ4n) is 2.73. The zero-order chi connectivity index (χ0) is 20.6. The lowest BCUT2D eigenvalue weighted by atomic mass is 10.1. The predicted molar refractivity (Wildman–Crippen MR) is 110 cm³/mol. The Bertz CT molecular complexity index is 1010. The Hall–Kier alpha value is -3.93. The lowest BCUT2D eigenvalue weighted by Crippen LogP contribution is -2.24. The Morgan fingerprint density at radius 3 is 2.07 bits per heavy atom. The summed E-state index contributed by atoms with van der Waals surface area (Å²) in [6, 6.07) is 22.4. The summed E-state index contributed by atoms with van der Waals surface area (Å²) in [5.74, 6) is -1.15. The lowest BCUT2D eigenvalue weighted by Gasteiger charge is -2.12. The van der Waals surface area contributed by atoms with Crippen LogP contribution in [0.2, 0.25) is 0 Å². The first-order chi connectivity index (χ1) is 14.1. The van der Waals surface area contributed by atoms with Crippen molar-refractivity contribution < 1.29 is 19.1 Å². The average molecular weight is 388 g/mol. The van der Waals surface area contributed by atoms with Crippen LogP contribution in [-0.2, 0) is 11.3 Å². The van der Waals surface area contributed by atoms with Gasteiger partial charge in [0.05, 0.1) is 23.9 Å². The van der Waals surface area contributed by atoms with Crippen molar-refractivity contribution in [1.29, 1.82) is 0 Å². The van der Waals surface area contributed by atoms with E-state index in [0.717, 1.165) is 5.56 Å². The van der Waals surface area contributed by atoms with Crippen LogP contribution in [0.5, 0.6) is 0 Å². The monoisotopic (exact) mass is 388 g/mol. The summed E-state index contributed by atoms with van der Waals surface area (Å²) in [6.07, 6.45) is 0. The molecule has 0 spiro atoms. The molecule has 6 nitrogen and oxygen atoms in total. The maximum atomic E-state index is 12.6. The second-order valence-corrected chi connectivity index (χ2v) is 6.24. The normalized spacial score (nSPS) is 10.1. The molecule has 29 heavy (non-hydrogen) atoms. The molecule has 6 heteroatoms. The van der Waals surface area contributed by atoms with Gasteiger partial charge in [0.1, 0.15) is 0 Å². The molecule has 0 aliphatic heterocycles. The van der Waals surface area contributed by atoms with Gasteiger partial charge in [0.15, 0.2) is 0 Å². The number of amides is 2. The van der Waals surface area contributed by atoms with Crippen LogP contribution in [0.4, 0.5) is 5.69 Å². The van der Waals surface area contributed by atoms with E-state index in [1.807, 2.05) is 30.3 Å². The van der Waals surface area contributed by atoms with Crippen LogP contribution in [0.25, 0.3) is 0 Å². The van der Waals surface area contributed by atoms with E-state index in [1.54, 1.807) is 24.3 Å². The first-order valence-corrected chi connectivity index (χ1v) is 8.99. The molecule has 3 aromatic carbocycles. The highest BCUT2D eigenvalue weighted by Gasteiger charge is 2.14. The Kier molecular flexibility index (Phi) is 6.37. The van der Waals surface area contributed by atoms with E-state index in [4.69, 9.17) is 0 Å². The summed E-state index contributed by atoms with van der Waals surface area (Å²) in [4.78, 5) is 36.7. The van der Waals surface area contributed by atoms with E-state index in [2.05, 4.69) is 15.4 Å². The molecule has 0 saturated carbocycles. The average Bonchev–Trinajstić information content (AvgIpc) is 2.78. The van der Waals surface area contributed by atoms with Gasteiger partial charge in [-0.3, -0.25) is 9.59 Å². The highest BCUT2D eigenvalue weighted by atomic mass is 16.5. The zero-order valence-corrected chi connectivity index (χ0v) is 15.8. The van der Waals surface area contributed by atoms with Gasteiger partial charge in [0.25, 0.3) is 11.8 Å². The molecule has 0 fully saturated rings. The van der Waals surface area contributed by atoms with Gasteiger partial charge in [0, 0.05) is 12.1 Å². The number of benzene rings is 3. The molecule has 3 rings (SSSR count). The number of carbonyl (C=O) groups is 3. The van der Waals surface area contributed by atoms with E-state index >= 15 is 0 Å². The number of carbonyl (C=O) groups excluding carboxylic acids is 3. The molecular formula is C23H20N2O4. The summed E-state index contributed by atoms with van der Waals surface area (Å²) < 4.78 is 4.65. The minimum absolute atomic E-state index is 0.286. The minimum atomic E-state index is -0.475. The van der Waals surface area contributed by atoms with E-state index < -0.39 is 5.97 Å². The van der Waals surface area contributed by atoms with Crippen LogP contribution < -0.4 is 10.6 Å². The maximum absolute atomic E-state index is 12.6. The van der Waals surface area contributed by atoms with Crippen LogP contribution in [0.1, 0.15) is 36.6 Å². The second-order valence-electron chi connectivity index (χ2n) is 6.24. The zero-order valence-electron chi connectivity index (χ0n) is 15.8. The van der Waals surface area contributed by atoms with E-state index in [1.165, 1.54) is 31.4 Å². The fourth-order valence-corrected chi connectivity index (χ4v) is 2.73. The van der Waals surface area contributed by atoms with Crippen LogP contribution >= 0.6 is 0 Å². The second kappa shape index (κ2) is 9.32. The first kappa shape index (κ1) is 19.8. The van der Waals surface area contributed by atoms with Crippen molar-refractivity contribution in [1.82, 2.24) is 5.32 Å². The quantitative estimate of drug-likeness (QED) is 0.631. The largest absolute Gasteiger partial charge is 0.465 e. The number of ether oxygens (including phenoxy) is 1. The van der Waals surface area contributed by atoms with Crippen molar-refractivity contribution >= 4 is 23.5 Å². The van der Waals surface area contributed by atoms with Gasteiger partial charge in [-0.15, -0.1) is 0 Å². The van der Waals surface area contributed by atoms with Gasteiger partial charge in [0.2, 0.25) is 0 Å². The number of anilines is 1. The van der Waals surface area contributed by atoms with Gasteiger partial charge in [-0.1, -0.05) is 42.5 Å². The number of esters is 1. The van der Waals surface area contributed by atoms with Gasteiger partial charge >= 0.3 is 5.97 Å². The standard InChI is InChI=1S/C23H20N2O4/c1-29-23(28)18-13-11-17(12-14-18)21(26)25-20-10-6-5-9-19(20)22(27)24-15-16-7-3-2-4-8-16/h2-14H,15H2,1H3,(H,24,27)(H,25,26). The third-order valence-corrected chi connectivity index (χ3v) is 4.28. The van der Waals surface area contributed by atoms with E-state index in [0.29, 0.717) is 28.9 Å². The molecule has 0 aliphatic carbocycles. The minimum Gasteiger partial charge on any atom is -0.465 e. The van der Waals surface area contributed by atoms with E-state index in [9.17, 15) is 14.4 Å². The molecule has 0 radical (unpaired) electrons. The Morgan fingerprint density at radius 2 is 1.38 bits per heavy atom. The van der Waals surface area contributed by atoms with Gasteiger partial charge in [-0.05, 0) is 42.0 Å².